The predicted molar refractivity (Wildman–Crippen MR) is 79.3 cm³/mol. The number of hydrogen-bond acceptors (Lipinski definition) is 3. The number of nitrogens with zero attached hydrogens (tertiary/aromatic N) is 3. The fourth-order valence-corrected chi connectivity index (χ4v) is 2.41. The number of hydrogen-bond donors (Lipinski definition) is 1. The Kier molecular flexibility index (Phi) is 7.30. The van der Waals surface area contributed by atoms with Gasteiger partial charge in [-0.15, -0.1) is 0 Å². The second kappa shape index (κ2) is 8.74. The molecule has 1 aromatic heterocycles. The van der Waals surface area contributed by atoms with Crippen LogP contribution in [0.1, 0.15) is 52.5 Å². The fourth-order valence-electron chi connectivity index (χ4n) is 2.41. The third-order valence-corrected chi connectivity index (χ3v) is 3.48. The molecular formula is C15H27N3O2. The van der Waals surface area contributed by atoms with Gasteiger partial charge in [0.05, 0.1) is 6.33 Å². The molecule has 1 aromatic rings. The molecule has 1 rings (SSSR count). The summed E-state index contributed by atoms with van der Waals surface area (Å²) in [6.45, 7) is 6.90. The minimum Gasteiger partial charge on any atom is -0.396 e. The molecule has 0 saturated carbocycles. The van der Waals surface area contributed by atoms with Crippen molar-refractivity contribution in [3.8, 4) is 0 Å². The molecule has 0 saturated heterocycles. The van der Waals surface area contributed by atoms with E-state index in [0.29, 0.717) is 19.4 Å². The summed E-state index contributed by atoms with van der Waals surface area (Å²) in [5.74, 6) is 0.153. The summed E-state index contributed by atoms with van der Waals surface area (Å²) >= 11 is 0. The minimum absolute atomic E-state index is 0.121. The van der Waals surface area contributed by atoms with Crippen molar-refractivity contribution < 1.29 is 9.90 Å². The van der Waals surface area contributed by atoms with Crippen LogP contribution in [0, 0.1) is 0 Å². The van der Waals surface area contributed by atoms with E-state index >= 15 is 0 Å². The van der Waals surface area contributed by atoms with E-state index in [1.807, 2.05) is 29.5 Å². The number of carbonyl (C=O) groups excluding carboxylic acids is 1. The zero-order valence-corrected chi connectivity index (χ0v) is 12.8. The molecule has 0 bridgehead atoms. The Balaban J connectivity index is 2.68. The second-order valence-corrected chi connectivity index (χ2v) is 5.41. The van der Waals surface area contributed by atoms with Crippen LogP contribution in [0.3, 0.4) is 0 Å². The van der Waals surface area contributed by atoms with E-state index in [-0.39, 0.29) is 24.6 Å². The third-order valence-electron chi connectivity index (χ3n) is 3.48. The van der Waals surface area contributed by atoms with Crippen LogP contribution in [0.2, 0.25) is 0 Å². The van der Waals surface area contributed by atoms with Gasteiger partial charge in [-0.3, -0.25) is 4.79 Å². The van der Waals surface area contributed by atoms with E-state index < -0.39 is 0 Å². The summed E-state index contributed by atoms with van der Waals surface area (Å²) in [6.07, 6.45) is 8.57. The molecule has 0 spiro atoms. The van der Waals surface area contributed by atoms with Gasteiger partial charge in [0, 0.05) is 44.0 Å². The van der Waals surface area contributed by atoms with Crippen molar-refractivity contribution in [1.29, 1.82) is 0 Å². The van der Waals surface area contributed by atoms with E-state index in [2.05, 4.69) is 11.9 Å². The molecule has 0 aliphatic carbocycles. The highest BCUT2D eigenvalue weighted by Gasteiger charge is 2.21. The van der Waals surface area contributed by atoms with Gasteiger partial charge in [0.25, 0.3) is 0 Å². The Morgan fingerprint density at radius 2 is 2.20 bits per heavy atom. The summed E-state index contributed by atoms with van der Waals surface area (Å²) in [7, 11) is 0. The lowest BCUT2D eigenvalue weighted by atomic mass is 10.1. The summed E-state index contributed by atoms with van der Waals surface area (Å²) in [4.78, 5) is 18.4. The molecule has 114 valence electrons. The Morgan fingerprint density at radius 1 is 1.45 bits per heavy atom. The smallest absolute Gasteiger partial charge is 0.224 e. The lowest BCUT2D eigenvalue weighted by molar-refractivity contribution is -0.134. The highest BCUT2D eigenvalue weighted by Crippen LogP contribution is 2.20. The van der Waals surface area contributed by atoms with Gasteiger partial charge in [-0.25, -0.2) is 4.98 Å². The summed E-state index contributed by atoms with van der Waals surface area (Å²) in [5, 5.41) is 8.94. The maximum atomic E-state index is 12.5. The molecule has 1 N–H and O–H groups in total. The van der Waals surface area contributed by atoms with Gasteiger partial charge in [-0.05, 0) is 26.7 Å². The van der Waals surface area contributed by atoms with Gasteiger partial charge >= 0.3 is 0 Å². The molecular weight excluding hydrogens is 254 g/mol. The third kappa shape index (κ3) is 4.96. The molecule has 0 radical (unpaired) electrons. The average Bonchev–Trinajstić information content (AvgIpc) is 2.92. The SMILES string of the molecule is CCCC(CC(=O)N(CCCO)C(C)C)n1ccnc1. The molecule has 0 aliphatic heterocycles. The van der Waals surface area contributed by atoms with Crippen molar-refractivity contribution in [2.45, 2.75) is 58.5 Å². The van der Waals surface area contributed by atoms with E-state index in [9.17, 15) is 4.79 Å². The number of rotatable bonds is 9. The van der Waals surface area contributed by atoms with E-state index in [1.165, 1.54) is 0 Å². The molecule has 0 aromatic carbocycles. The number of aromatic nitrogens is 2. The Hall–Kier alpha value is -1.36. The molecule has 5 nitrogen and oxygen atoms in total. The normalized spacial score (nSPS) is 12.7. The van der Waals surface area contributed by atoms with Crippen molar-refractivity contribution >= 4 is 5.91 Å². The first kappa shape index (κ1) is 16.7. The number of imidazole rings is 1. The van der Waals surface area contributed by atoms with Gasteiger partial charge < -0.3 is 14.6 Å². The van der Waals surface area contributed by atoms with Crippen molar-refractivity contribution in [2.24, 2.45) is 0 Å². The molecule has 0 fully saturated rings. The van der Waals surface area contributed by atoms with E-state index in [0.717, 1.165) is 12.8 Å². The van der Waals surface area contributed by atoms with Gasteiger partial charge in [-0.2, -0.15) is 0 Å². The lowest BCUT2D eigenvalue weighted by Gasteiger charge is -2.29. The fraction of sp³-hybridized carbons (Fsp3) is 0.733. The van der Waals surface area contributed by atoms with E-state index in [4.69, 9.17) is 5.11 Å². The largest absolute Gasteiger partial charge is 0.396 e. The molecule has 1 amide bonds. The first-order valence-electron chi connectivity index (χ1n) is 7.47. The highest BCUT2D eigenvalue weighted by molar-refractivity contribution is 5.76. The summed E-state index contributed by atoms with van der Waals surface area (Å²) in [5.41, 5.74) is 0. The quantitative estimate of drug-likeness (QED) is 0.755. The van der Waals surface area contributed by atoms with Gasteiger partial charge in [0.2, 0.25) is 5.91 Å². The molecule has 20 heavy (non-hydrogen) atoms. The molecule has 0 aliphatic rings. The maximum Gasteiger partial charge on any atom is 0.224 e. The van der Waals surface area contributed by atoms with Gasteiger partial charge in [0.1, 0.15) is 0 Å². The topological polar surface area (TPSA) is 58.4 Å². The van der Waals surface area contributed by atoms with Crippen molar-refractivity contribution in [2.75, 3.05) is 13.2 Å². The first-order valence-corrected chi connectivity index (χ1v) is 7.47. The Bertz CT molecular complexity index is 376. The van der Waals surface area contributed by atoms with Crippen LogP contribution < -0.4 is 0 Å². The maximum absolute atomic E-state index is 12.5. The van der Waals surface area contributed by atoms with E-state index in [1.54, 1.807) is 12.5 Å². The van der Waals surface area contributed by atoms with Crippen molar-refractivity contribution in [3.63, 3.8) is 0 Å². The molecule has 1 atom stereocenters. The summed E-state index contributed by atoms with van der Waals surface area (Å²) in [6, 6.07) is 0.337. The van der Waals surface area contributed by atoms with Crippen LogP contribution in [-0.2, 0) is 4.79 Å². The number of aliphatic hydroxyl groups is 1. The van der Waals surface area contributed by atoms with Crippen LogP contribution in [-0.4, -0.2) is 44.7 Å². The number of amides is 1. The molecule has 5 heteroatoms. The number of aliphatic hydroxyl groups excluding tert-OH is 1. The zero-order valence-electron chi connectivity index (χ0n) is 12.8. The predicted octanol–water partition coefficient (Wildman–Crippen LogP) is 2.23. The Labute approximate surface area is 121 Å². The monoisotopic (exact) mass is 281 g/mol. The van der Waals surface area contributed by atoms with Crippen LogP contribution in [0.25, 0.3) is 0 Å². The number of carbonyl (C=O) groups is 1. The standard InChI is InChI=1S/C15H27N3O2/c1-4-6-14(17-9-7-16-12-17)11-15(20)18(13(2)3)8-5-10-19/h7,9,12-14,19H,4-6,8,10-11H2,1-3H3. The lowest BCUT2D eigenvalue weighted by Crippen LogP contribution is -2.39. The van der Waals surface area contributed by atoms with Crippen LogP contribution in [0.5, 0.6) is 0 Å². The molecule has 1 heterocycles. The van der Waals surface area contributed by atoms with Crippen molar-refractivity contribution in [1.82, 2.24) is 14.5 Å². The second-order valence-electron chi connectivity index (χ2n) is 5.41. The average molecular weight is 281 g/mol. The molecule has 1 unspecified atom stereocenters. The first-order chi connectivity index (χ1) is 9.60. The van der Waals surface area contributed by atoms with Crippen LogP contribution in [0.15, 0.2) is 18.7 Å². The van der Waals surface area contributed by atoms with Gasteiger partial charge in [0.15, 0.2) is 0 Å². The van der Waals surface area contributed by atoms with Crippen LogP contribution in [0.4, 0.5) is 0 Å². The zero-order chi connectivity index (χ0) is 15.0. The Morgan fingerprint density at radius 3 is 2.70 bits per heavy atom. The highest BCUT2D eigenvalue weighted by atomic mass is 16.3. The minimum atomic E-state index is 0.121. The van der Waals surface area contributed by atoms with Gasteiger partial charge in [-0.1, -0.05) is 13.3 Å². The van der Waals surface area contributed by atoms with Crippen molar-refractivity contribution in [3.05, 3.63) is 18.7 Å². The summed E-state index contributed by atoms with van der Waals surface area (Å²) < 4.78 is 2.02. The van der Waals surface area contributed by atoms with Crippen LogP contribution >= 0.6 is 0 Å².